The van der Waals surface area contributed by atoms with Crippen LogP contribution < -0.4 is 5.73 Å². The van der Waals surface area contributed by atoms with E-state index in [-0.39, 0.29) is 24.1 Å². The second-order valence-electron chi connectivity index (χ2n) is 4.97. The summed E-state index contributed by atoms with van der Waals surface area (Å²) in [6.07, 6.45) is 4.84. The van der Waals surface area contributed by atoms with Crippen molar-refractivity contribution in [3.8, 4) is 0 Å². The van der Waals surface area contributed by atoms with Gasteiger partial charge >= 0.3 is 0 Å². The van der Waals surface area contributed by atoms with Gasteiger partial charge in [0.25, 0.3) is 0 Å². The van der Waals surface area contributed by atoms with Gasteiger partial charge in [-0.1, -0.05) is 19.3 Å². The first kappa shape index (κ1) is 16.4. The van der Waals surface area contributed by atoms with E-state index in [1.165, 1.54) is 4.31 Å². The molecule has 1 rings (SSSR count). The highest BCUT2D eigenvalue weighted by atomic mass is 32.2. The van der Waals surface area contributed by atoms with Crippen LogP contribution in [0.2, 0.25) is 0 Å². The van der Waals surface area contributed by atoms with E-state index in [0.717, 1.165) is 32.1 Å². The van der Waals surface area contributed by atoms with Gasteiger partial charge in [-0.2, -0.15) is 4.31 Å². The summed E-state index contributed by atoms with van der Waals surface area (Å²) in [6.45, 7) is 0.976. The molecule has 0 amide bonds. The van der Waals surface area contributed by atoms with Crippen molar-refractivity contribution in [1.82, 2.24) is 4.31 Å². The van der Waals surface area contributed by atoms with E-state index >= 15 is 0 Å². The number of nitrogens with one attached hydrogen (secondary N) is 1. The van der Waals surface area contributed by atoms with E-state index in [0.29, 0.717) is 13.2 Å². The minimum atomic E-state index is -3.29. The molecule has 1 fully saturated rings. The maximum absolute atomic E-state index is 12.6. The summed E-state index contributed by atoms with van der Waals surface area (Å²) >= 11 is 0. The smallest absolute Gasteiger partial charge is 0.217 e. The molecule has 0 atom stereocenters. The molecule has 112 valence electrons. The van der Waals surface area contributed by atoms with E-state index in [1.807, 2.05) is 0 Å². The number of nitrogens with zero attached hydrogens (tertiary/aromatic N) is 1. The summed E-state index contributed by atoms with van der Waals surface area (Å²) in [6, 6.07) is 0. The largest absolute Gasteiger partial charge is 0.388 e. The Bertz CT molecular complexity index is 378. The number of hydrogen-bond donors (Lipinski definition) is 2. The van der Waals surface area contributed by atoms with Crippen LogP contribution >= 0.6 is 0 Å². The fourth-order valence-electron chi connectivity index (χ4n) is 2.38. The Morgan fingerprint density at radius 1 is 1.32 bits per heavy atom. The lowest BCUT2D eigenvalue weighted by Gasteiger charge is -2.29. The lowest BCUT2D eigenvalue weighted by atomic mass is 10.0. The molecule has 0 spiro atoms. The number of amidine groups is 1. The van der Waals surface area contributed by atoms with Gasteiger partial charge in [0.2, 0.25) is 10.0 Å². The zero-order chi connectivity index (χ0) is 14.3. The van der Waals surface area contributed by atoms with Crippen molar-refractivity contribution >= 4 is 15.9 Å². The van der Waals surface area contributed by atoms with Gasteiger partial charge in [-0.05, 0) is 12.8 Å². The lowest BCUT2D eigenvalue weighted by molar-refractivity contribution is 0.179. The molecular weight excluding hydrogens is 266 g/mol. The third kappa shape index (κ3) is 5.08. The van der Waals surface area contributed by atoms with Gasteiger partial charge in [0, 0.05) is 26.6 Å². The van der Waals surface area contributed by atoms with Crippen LogP contribution in [0.5, 0.6) is 0 Å². The Balaban J connectivity index is 2.71. The quantitative estimate of drug-likeness (QED) is 0.513. The average Bonchev–Trinajstić information content (AvgIpc) is 2.39. The first-order valence-corrected chi connectivity index (χ1v) is 8.29. The number of sulfonamides is 1. The Morgan fingerprint density at radius 2 is 1.95 bits per heavy atom. The maximum atomic E-state index is 12.6. The van der Waals surface area contributed by atoms with Gasteiger partial charge in [-0.3, -0.25) is 5.41 Å². The normalized spacial score (nSPS) is 17.8. The van der Waals surface area contributed by atoms with Crippen LogP contribution in [0.1, 0.15) is 38.5 Å². The van der Waals surface area contributed by atoms with Gasteiger partial charge in [-0.25, -0.2) is 8.42 Å². The van der Waals surface area contributed by atoms with Crippen molar-refractivity contribution < 1.29 is 13.2 Å². The Kier molecular flexibility index (Phi) is 6.74. The van der Waals surface area contributed by atoms with Gasteiger partial charge in [0.15, 0.2) is 0 Å². The molecule has 1 aliphatic carbocycles. The topological polar surface area (TPSA) is 96.5 Å². The summed E-state index contributed by atoms with van der Waals surface area (Å²) in [5, 5.41) is 6.97. The van der Waals surface area contributed by atoms with Crippen molar-refractivity contribution in [3.63, 3.8) is 0 Å². The van der Waals surface area contributed by atoms with E-state index < -0.39 is 10.0 Å². The molecule has 1 aliphatic rings. The Labute approximate surface area is 115 Å². The van der Waals surface area contributed by atoms with Gasteiger partial charge in [-0.15, -0.1) is 0 Å². The molecule has 0 bridgehead atoms. The first-order chi connectivity index (χ1) is 8.98. The number of ether oxygens (including phenoxy) is 1. The molecule has 7 heteroatoms. The van der Waals surface area contributed by atoms with E-state index in [1.54, 1.807) is 7.11 Å². The van der Waals surface area contributed by atoms with Crippen molar-refractivity contribution in [2.45, 2.75) is 43.8 Å². The SMILES string of the molecule is COCCN(CCC(=N)N)S(=O)(=O)C1CCCCC1. The minimum absolute atomic E-state index is 0.0151. The van der Waals surface area contributed by atoms with Gasteiger partial charge in [0.1, 0.15) is 0 Å². The zero-order valence-electron chi connectivity index (χ0n) is 11.6. The van der Waals surface area contributed by atoms with Crippen molar-refractivity contribution in [2.24, 2.45) is 5.73 Å². The molecule has 0 aromatic heterocycles. The summed E-state index contributed by atoms with van der Waals surface area (Å²) in [5.74, 6) is 0.0151. The Morgan fingerprint density at radius 3 is 2.47 bits per heavy atom. The number of nitrogens with two attached hydrogens (primary N) is 1. The monoisotopic (exact) mass is 291 g/mol. The molecule has 0 aromatic rings. The molecule has 0 saturated heterocycles. The summed E-state index contributed by atoms with van der Waals surface area (Å²) in [4.78, 5) is 0. The molecule has 0 aliphatic heterocycles. The first-order valence-electron chi connectivity index (χ1n) is 6.79. The standard InChI is InChI=1S/C12H25N3O3S/c1-18-10-9-15(8-7-12(13)14)19(16,17)11-5-3-2-4-6-11/h11H,2-10H2,1H3,(H3,13,14). The molecular formula is C12H25N3O3S. The predicted molar refractivity (Wildman–Crippen MR) is 75.8 cm³/mol. The lowest BCUT2D eigenvalue weighted by Crippen LogP contribution is -2.42. The van der Waals surface area contributed by atoms with Crippen LogP contribution in [0.4, 0.5) is 0 Å². The molecule has 0 aromatic carbocycles. The molecule has 0 radical (unpaired) electrons. The summed E-state index contributed by atoms with van der Waals surface area (Å²) < 4.78 is 31.5. The second-order valence-corrected chi connectivity index (χ2v) is 7.19. The fraction of sp³-hybridized carbons (Fsp3) is 0.917. The third-order valence-corrected chi connectivity index (χ3v) is 5.91. The fourth-order valence-corrected chi connectivity index (χ4v) is 4.40. The van der Waals surface area contributed by atoms with Crippen LogP contribution in [0.3, 0.4) is 0 Å². The van der Waals surface area contributed by atoms with Crippen LogP contribution in [-0.4, -0.2) is 50.6 Å². The van der Waals surface area contributed by atoms with Crippen LogP contribution in [0, 0.1) is 5.41 Å². The molecule has 19 heavy (non-hydrogen) atoms. The van der Waals surface area contributed by atoms with Crippen molar-refractivity contribution in [3.05, 3.63) is 0 Å². The summed E-state index contributed by atoms with van der Waals surface area (Å²) in [5.41, 5.74) is 5.32. The van der Waals surface area contributed by atoms with Gasteiger partial charge < -0.3 is 10.5 Å². The van der Waals surface area contributed by atoms with Gasteiger partial charge in [0.05, 0.1) is 17.7 Å². The van der Waals surface area contributed by atoms with Crippen molar-refractivity contribution in [1.29, 1.82) is 5.41 Å². The second kappa shape index (κ2) is 7.81. The van der Waals surface area contributed by atoms with Crippen LogP contribution in [0.15, 0.2) is 0 Å². The molecule has 6 nitrogen and oxygen atoms in total. The summed E-state index contributed by atoms with van der Waals surface area (Å²) in [7, 11) is -1.74. The van der Waals surface area contributed by atoms with E-state index in [2.05, 4.69) is 0 Å². The third-order valence-electron chi connectivity index (χ3n) is 3.51. The maximum Gasteiger partial charge on any atom is 0.217 e. The highest BCUT2D eigenvalue weighted by Crippen LogP contribution is 2.26. The average molecular weight is 291 g/mol. The van der Waals surface area contributed by atoms with Crippen LogP contribution in [-0.2, 0) is 14.8 Å². The zero-order valence-corrected chi connectivity index (χ0v) is 12.4. The molecule has 0 unspecified atom stereocenters. The van der Waals surface area contributed by atoms with E-state index in [9.17, 15) is 8.42 Å². The molecule has 0 heterocycles. The van der Waals surface area contributed by atoms with Crippen molar-refractivity contribution in [2.75, 3.05) is 26.8 Å². The number of rotatable bonds is 8. The number of hydrogen-bond acceptors (Lipinski definition) is 4. The predicted octanol–water partition coefficient (Wildman–Crippen LogP) is 0.923. The Hall–Kier alpha value is -0.660. The highest BCUT2D eigenvalue weighted by molar-refractivity contribution is 7.89. The molecule has 1 saturated carbocycles. The molecule has 3 N–H and O–H groups in total. The van der Waals surface area contributed by atoms with E-state index in [4.69, 9.17) is 15.9 Å². The highest BCUT2D eigenvalue weighted by Gasteiger charge is 2.32. The number of methoxy groups -OCH3 is 1. The van der Waals surface area contributed by atoms with Crippen LogP contribution in [0.25, 0.3) is 0 Å². The minimum Gasteiger partial charge on any atom is -0.388 e.